The highest BCUT2D eigenvalue weighted by Gasteiger charge is 2.15. The van der Waals surface area contributed by atoms with E-state index in [1.807, 2.05) is 36.4 Å². The molecule has 24 heavy (non-hydrogen) atoms. The van der Waals surface area contributed by atoms with E-state index >= 15 is 0 Å². The summed E-state index contributed by atoms with van der Waals surface area (Å²) in [6, 6.07) is 15.5. The van der Waals surface area contributed by atoms with Crippen LogP contribution in [-0.4, -0.2) is 23.9 Å². The van der Waals surface area contributed by atoms with E-state index in [1.165, 1.54) is 31.5 Å². The summed E-state index contributed by atoms with van der Waals surface area (Å²) in [7, 11) is 0. The molecule has 0 aliphatic carbocycles. The van der Waals surface area contributed by atoms with Crippen molar-refractivity contribution in [1.82, 2.24) is 4.90 Å². The number of nitrogens with one attached hydrogen (secondary N) is 1. The number of halogens is 1. The van der Waals surface area contributed by atoms with Crippen LogP contribution in [-0.2, 0) is 6.54 Å². The lowest BCUT2D eigenvalue weighted by Gasteiger charge is -2.30. The average molecular weight is 387 g/mol. The molecule has 1 amide bonds. The third-order valence-electron chi connectivity index (χ3n) is 4.60. The van der Waals surface area contributed by atoms with Crippen molar-refractivity contribution in [1.29, 1.82) is 0 Å². The summed E-state index contributed by atoms with van der Waals surface area (Å²) in [5.41, 5.74) is 2.76. The fourth-order valence-electron chi connectivity index (χ4n) is 2.98. The van der Waals surface area contributed by atoms with Gasteiger partial charge in [-0.25, -0.2) is 0 Å². The normalized spacial score (nSPS) is 16.1. The van der Waals surface area contributed by atoms with Gasteiger partial charge in [-0.15, -0.1) is 0 Å². The summed E-state index contributed by atoms with van der Waals surface area (Å²) in [6.07, 6.45) is 2.57. The van der Waals surface area contributed by atoms with Crippen LogP contribution < -0.4 is 5.32 Å². The predicted molar refractivity (Wildman–Crippen MR) is 102 cm³/mol. The first-order chi connectivity index (χ1) is 11.6. The molecule has 126 valence electrons. The van der Waals surface area contributed by atoms with E-state index in [-0.39, 0.29) is 5.91 Å². The highest BCUT2D eigenvalue weighted by Crippen LogP contribution is 2.19. The van der Waals surface area contributed by atoms with Crippen LogP contribution in [0.3, 0.4) is 0 Å². The molecule has 0 bridgehead atoms. The van der Waals surface area contributed by atoms with Crippen molar-refractivity contribution in [2.45, 2.75) is 26.3 Å². The first kappa shape index (κ1) is 17.2. The minimum absolute atomic E-state index is 0.0735. The summed E-state index contributed by atoms with van der Waals surface area (Å²) in [5.74, 6) is 0.779. The smallest absolute Gasteiger partial charge is 0.255 e. The van der Waals surface area contributed by atoms with Crippen molar-refractivity contribution in [2.24, 2.45) is 5.92 Å². The Bertz CT molecular complexity index is 674. The van der Waals surface area contributed by atoms with E-state index in [1.54, 1.807) is 0 Å². The SMILES string of the molecule is CC1CCN(Cc2ccc(C(=O)Nc3ccc(Br)cc3)cc2)CC1. The molecule has 0 saturated carbocycles. The van der Waals surface area contributed by atoms with Gasteiger partial charge in [0.05, 0.1) is 0 Å². The standard InChI is InChI=1S/C20H23BrN2O/c1-15-10-12-23(13-11-15)14-16-2-4-17(5-3-16)20(24)22-19-8-6-18(21)7-9-19/h2-9,15H,10-14H2,1H3,(H,22,24). The summed E-state index contributed by atoms with van der Waals surface area (Å²) < 4.78 is 0.997. The predicted octanol–water partition coefficient (Wildman–Crippen LogP) is 4.93. The Hall–Kier alpha value is -1.65. The number of amides is 1. The van der Waals surface area contributed by atoms with E-state index in [4.69, 9.17) is 0 Å². The number of carbonyl (C=O) groups excluding carboxylic acids is 1. The molecule has 4 heteroatoms. The molecule has 1 heterocycles. The maximum Gasteiger partial charge on any atom is 0.255 e. The van der Waals surface area contributed by atoms with Gasteiger partial charge in [-0.2, -0.15) is 0 Å². The van der Waals surface area contributed by atoms with Crippen LogP contribution in [0.5, 0.6) is 0 Å². The van der Waals surface area contributed by atoms with E-state index < -0.39 is 0 Å². The van der Waals surface area contributed by atoms with Gasteiger partial charge in [0, 0.05) is 22.3 Å². The molecule has 3 rings (SSSR count). The molecule has 1 fully saturated rings. The second kappa shape index (κ2) is 7.95. The molecule has 2 aromatic rings. The van der Waals surface area contributed by atoms with Crippen LogP contribution in [0.4, 0.5) is 5.69 Å². The second-order valence-electron chi connectivity index (χ2n) is 6.62. The zero-order chi connectivity index (χ0) is 16.9. The summed E-state index contributed by atoms with van der Waals surface area (Å²) in [4.78, 5) is 14.8. The van der Waals surface area contributed by atoms with Crippen molar-refractivity contribution in [3.05, 3.63) is 64.1 Å². The molecule has 1 N–H and O–H groups in total. The largest absolute Gasteiger partial charge is 0.322 e. The summed E-state index contributed by atoms with van der Waals surface area (Å²) in [5, 5.41) is 2.92. The molecule has 1 aliphatic rings. The number of likely N-dealkylation sites (tertiary alicyclic amines) is 1. The molecule has 2 aromatic carbocycles. The first-order valence-corrected chi connectivity index (χ1v) is 9.27. The van der Waals surface area contributed by atoms with Crippen LogP contribution in [0, 0.1) is 5.92 Å². The van der Waals surface area contributed by atoms with Crippen molar-refractivity contribution in [3.8, 4) is 0 Å². The molecule has 1 saturated heterocycles. The molecule has 0 unspecified atom stereocenters. The highest BCUT2D eigenvalue weighted by molar-refractivity contribution is 9.10. The van der Waals surface area contributed by atoms with Gasteiger partial charge >= 0.3 is 0 Å². The van der Waals surface area contributed by atoms with Gasteiger partial charge in [-0.3, -0.25) is 9.69 Å². The maximum absolute atomic E-state index is 12.3. The molecule has 0 atom stereocenters. The van der Waals surface area contributed by atoms with Gasteiger partial charge in [0.25, 0.3) is 5.91 Å². The van der Waals surface area contributed by atoms with Gasteiger partial charge in [-0.05, 0) is 73.8 Å². The van der Waals surface area contributed by atoms with Crippen molar-refractivity contribution in [3.63, 3.8) is 0 Å². The lowest BCUT2D eigenvalue weighted by atomic mass is 9.99. The number of hydrogen-bond acceptors (Lipinski definition) is 2. The fraction of sp³-hybridized carbons (Fsp3) is 0.350. The van der Waals surface area contributed by atoms with Gasteiger partial charge in [-0.1, -0.05) is 35.0 Å². The van der Waals surface area contributed by atoms with Crippen LogP contribution in [0.25, 0.3) is 0 Å². The van der Waals surface area contributed by atoms with Gasteiger partial charge in [0.1, 0.15) is 0 Å². The first-order valence-electron chi connectivity index (χ1n) is 8.48. The monoisotopic (exact) mass is 386 g/mol. The van der Waals surface area contributed by atoms with E-state index in [0.717, 1.165) is 22.6 Å². The van der Waals surface area contributed by atoms with E-state index in [0.29, 0.717) is 5.56 Å². The van der Waals surface area contributed by atoms with Crippen molar-refractivity contribution < 1.29 is 4.79 Å². The molecule has 1 aliphatic heterocycles. The van der Waals surface area contributed by atoms with Crippen LogP contribution in [0.15, 0.2) is 53.0 Å². The van der Waals surface area contributed by atoms with Crippen LogP contribution >= 0.6 is 15.9 Å². The highest BCUT2D eigenvalue weighted by atomic mass is 79.9. The average Bonchev–Trinajstić information content (AvgIpc) is 2.59. The van der Waals surface area contributed by atoms with E-state index in [9.17, 15) is 4.79 Å². The summed E-state index contributed by atoms with van der Waals surface area (Å²) >= 11 is 3.39. The van der Waals surface area contributed by atoms with Crippen molar-refractivity contribution >= 4 is 27.5 Å². The number of rotatable bonds is 4. The number of hydrogen-bond donors (Lipinski definition) is 1. The summed E-state index contributed by atoms with van der Waals surface area (Å²) in [6.45, 7) is 5.65. The maximum atomic E-state index is 12.3. The quantitative estimate of drug-likeness (QED) is 0.807. The Morgan fingerprint density at radius 3 is 2.33 bits per heavy atom. The van der Waals surface area contributed by atoms with Crippen molar-refractivity contribution in [2.75, 3.05) is 18.4 Å². The number of benzene rings is 2. The number of nitrogens with zero attached hydrogens (tertiary/aromatic N) is 1. The van der Waals surface area contributed by atoms with Gasteiger partial charge < -0.3 is 5.32 Å². The lowest BCUT2D eigenvalue weighted by molar-refractivity contribution is 0.102. The fourth-order valence-corrected chi connectivity index (χ4v) is 3.24. The Morgan fingerprint density at radius 2 is 1.71 bits per heavy atom. The molecule has 0 radical (unpaired) electrons. The van der Waals surface area contributed by atoms with Crippen LogP contribution in [0.2, 0.25) is 0 Å². The topological polar surface area (TPSA) is 32.3 Å². The van der Waals surface area contributed by atoms with E-state index in [2.05, 4.69) is 45.2 Å². The third-order valence-corrected chi connectivity index (χ3v) is 5.13. The number of anilines is 1. The van der Waals surface area contributed by atoms with Gasteiger partial charge in [0.15, 0.2) is 0 Å². The minimum atomic E-state index is -0.0735. The molecule has 0 aromatic heterocycles. The number of piperidine rings is 1. The minimum Gasteiger partial charge on any atom is -0.322 e. The Morgan fingerprint density at radius 1 is 1.08 bits per heavy atom. The zero-order valence-corrected chi connectivity index (χ0v) is 15.6. The third kappa shape index (κ3) is 4.68. The molecule has 0 spiro atoms. The Balaban J connectivity index is 1.57. The Kier molecular flexibility index (Phi) is 5.69. The lowest BCUT2D eigenvalue weighted by Crippen LogP contribution is -2.32. The second-order valence-corrected chi connectivity index (χ2v) is 7.53. The Labute approximate surface area is 152 Å². The number of carbonyl (C=O) groups is 1. The molecule has 3 nitrogen and oxygen atoms in total. The molecular weight excluding hydrogens is 364 g/mol. The zero-order valence-electron chi connectivity index (χ0n) is 14.0. The molecular formula is C20H23BrN2O. The van der Waals surface area contributed by atoms with Gasteiger partial charge in [0.2, 0.25) is 0 Å². The van der Waals surface area contributed by atoms with Crippen LogP contribution in [0.1, 0.15) is 35.7 Å².